The molecule has 3 saturated heterocycles. The lowest BCUT2D eigenvalue weighted by Gasteiger charge is -2.48. The van der Waals surface area contributed by atoms with Gasteiger partial charge in [-0.2, -0.15) is 0 Å². The maximum Gasteiger partial charge on any atom is 0.220 e. The number of carbonyl (C=O) groups is 1. The van der Waals surface area contributed by atoms with Crippen LogP contribution in [0.15, 0.2) is 24.3 Å². The summed E-state index contributed by atoms with van der Waals surface area (Å²) in [6, 6.07) is -0.889. The molecule has 3 aliphatic rings. The molecule has 19 nitrogen and oxygen atoms in total. The van der Waals surface area contributed by atoms with Crippen molar-refractivity contribution < 1.29 is 89.4 Å². The number of hydrogen-bond donors (Lipinski definition) is 12. The molecule has 0 saturated carbocycles. The highest BCUT2D eigenvalue weighted by Gasteiger charge is 2.54. The van der Waals surface area contributed by atoms with Crippen LogP contribution in [-0.4, -0.2) is 193 Å². The van der Waals surface area contributed by atoms with Gasteiger partial charge in [0, 0.05) is 6.42 Å². The molecule has 0 spiro atoms. The molecule has 98 heavy (non-hydrogen) atoms. The first-order valence-electron chi connectivity index (χ1n) is 40.6. The lowest BCUT2D eigenvalue weighted by Crippen LogP contribution is -2.66. The third kappa shape index (κ3) is 40.5. The van der Waals surface area contributed by atoms with Gasteiger partial charge in [0.25, 0.3) is 0 Å². The van der Waals surface area contributed by atoms with Crippen LogP contribution >= 0.6 is 0 Å². The van der Waals surface area contributed by atoms with Crippen molar-refractivity contribution in [1.82, 2.24) is 5.32 Å². The third-order valence-electron chi connectivity index (χ3n) is 20.5. The normalized spacial score (nSPS) is 26.8. The first kappa shape index (κ1) is 90.5. The number of aliphatic hydroxyl groups is 11. The predicted molar refractivity (Wildman–Crippen MR) is 388 cm³/mol. The minimum atomic E-state index is -1.97. The van der Waals surface area contributed by atoms with Crippen LogP contribution in [-0.2, 0) is 33.2 Å². The minimum Gasteiger partial charge on any atom is -0.394 e. The Morgan fingerprint density at radius 1 is 0.367 bits per heavy atom. The Bertz CT molecular complexity index is 1870. The number of allylic oxidation sites excluding steroid dienone is 4. The average molecular weight is 1400 g/mol. The fourth-order valence-corrected chi connectivity index (χ4v) is 14.0. The molecule has 0 bridgehead atoms. The van der Waals surface area contributed by atoms with Gasteiger partial charge in [0.1, 0.15) is 73.2 Å². The Morgan fingerprint density at radius 2 is 0.673 bits per heavy atom. The fraction of sp³-hybridized carbons (Fsp3) is 0.937. The number of hydrogen-bond acceptors (Lipinski definition) is 18. The van der Waals surface area contributed by atoms with E-state index in [0.29, 0.717) is 12.8 Å². The van der Waals surface area contributed by atoms with Crippen LogP contribution in [0.3, 0.4) is 0 Å². The van der Waals surface area contributed by atoms with E-state index in [1.807, 2.05) is 0 Å². The van der Waals surface area contributed by atoms with Crippen molar-refractivity contribution in [2.45, 2.75) is 446 Å². The molecule has 0 aromatic heterocycles. The number of unbranched alkanes of at least 4 members (excludes halogenated alkanes) is 45. The number of ether oxygens (including phenoxy) is 6. The fourth-order valence-electron chi connectivity index (χ4n) is 14.0. The van der Waals surface area contributed by atoms with Crippen LogP contribution in [0.1, 0.15) is 341 Å². The quantitative estimate of drug-likeness (QED) is 0.0199. The standard InChI is InChI=1S/C79H149NO18/c1-3-5-7-9-11-13-15-17-19-21-23-25-27-28-29-30-31-32-33-35-36-38-40-42-44-46-48-50-52-54-56-63(84)62(80-67(85)57-55-53-51-49-47-45-43-41-39-37-34-26-24-22-20-18-16-14-12-10-8-6-4-2)61-93-77-73(91)70(88)75(65(59-82)95-77)98-79-74(92)71(89)76(66(60-83)96-79)97-78-72(90)69(87)68(86)64(58-81)94-78/h16,18,22,24,62-66,68-79,81-84,86-92H,3-15,17,19-21,23,25-61H2,1-2H3,(H,80,85)/b18-16-,24-22-. The summed E-state index contributed by atoms with van der Waals surface area (Å²) >= 11 is 0. The maximum atomic E-state index is 13.5. The van der Waals surface area contributed by atoms with Crippen molar-refractivity contribution in [2.24, 2.45) is 0 Å². The summed E-state index contributed by atoms with van der Waals surface area (Å²) in [7, 11) is 0. The van der Waals surface area contributed by atoms with Gasteiger partial charge in [-0.05, 0) is 44.9 Å². The Labute approximate surface area is 594 Å². The number of nitrogens with one attached hydrogen (secondary N) is 1. The van der Waals surface area contributed by atoms with Crippen molar-refractivity contribution in [1.29, 1.82) is 0 Å². The molecule has 3 aliphatic heterocycles. The first-order chi connectivity index (χ1) is 47.8. The number of aliphatic hydroxyl groups excluding tert-OH is 11. The highest BCUT2D eigenvalue weighted by molar-refractivity contribution is 5.76. The van der Waals surface area contributed by atoms with E-state index < -0.39 is 124 Å². The van der Waals surface area contributed by atoms with Gasteiger partial charge in [-0.25, -0.2) is 0 Å². The van der Waals surface area contributed by atoms with Gasteiger partial charge in [-0.3, -0.25) is 4.79 Å². The Morgan fingerprint density at radius 3 is 1.04 bits per heavy atom. The van der Waals surface area contributed by atoms with Crippen LogP contribution in [0, 0.1) is 0 Å². The number of amides is 1. The summed E-state index contributed by atoms with van der Waals surface area (Å²) in [6.07, 6.45) is 45.5. The zero-order valence-electron chi connectivity index (χ0n) is 61.8. The van der Waals surface area contributed by atoms with E-state index in [4.69, 9.17) is 28.4 Å². The average Bonchev–Trinajstić information content (AvgIpc) is 0.785. The van der Waals surface area contributed by atoms with Crippen molar-refractivity contribution in [3.63, 3.8) is 0 Å². The maximum absolute atomic E-state index is 13.5. The molecule has 0 radical (unpaired) electrons. The van der Waals surface area contributed by atoms with Crippen LogP contribution < -0.4 is 5.32 Å². The van der Waals surface area contributed by atoms with E-state index in [1.54, 1.807) is 0 Å². The summed E-state index contributed by atoms with van der Waals surface area (Å²) in [4.78, 5) is 13.5. The first-order valence-corrected chi connectivity index (χ1v) is 40.6. The molecule has 0 aromatic carbocycles. The molecule has 12 N–H and O–H groups in total. The predicted octanol–water partition coefficient (Wildman–Crippen LogP) is 13.3. The molecule has 17 unspecified atom stereocenters. The zero-order valence-corrected chi connectivity index (χ0v) is 61.8. The van der Waals surface area contributed by atoms with Crippen LogP contribution in [0.5, 0.6) is 0 Å². The van der Waals surface area contributed by atoms with Crippen molar-refractivity contribution >= 4 is 5.91 Å². The summed E-state index contributed by atoms with van der Waals surface area (Å²) in [5, 5.41) is 121. The Hall–Kier alpha value is -1.73. The van der Waals surface area contributed by atoms with Gasteiger partial charge in [0.15, 0.2) is 18.9 Å². The van der Waals surface area contributed by atoms with E-state index in [0.717, 1.165) is 57.8 Å². The summed E-state index contributed by atoms with van der Waals surface area (Å²) < 4.78 is 34.5. The van der Waals surface area contributed by atoms with Gasteiger partial charge >= 0.3 is 0 Å². The zero-order chi connectivity index (χ0) is 71.1. The highest BCUT2D eigenvalue weighted by Crippen LogP contribution is 2.33. The van der Waals surface area contributed by atoms with Crippen LogP contribution in [0.2, 0.25) is 0 Å². The molecule has 0 aliphatic carbocycles. The number of rotatable bonds is 65. The van der Waals surface area contributed by atoms with Gasteiger partial charge in [0.05, 0.1) is 38.6 Å². The summed E-state index contributed by atoms with van der Waals surface area (Å²) in [6.45, 7) is 1.84. The third-order valence-corrected chi connectivity index (χ3v) is 20.5. The second-order valence-electron chi connectivity index (χ2n) is 29.2. The summed E-state index contributed by atoms with van der Waals surface area (Å²) in [5.41, 5.74) is 0. The van der Waals surface area contributed by atoms with Gasteiger partial charge in [-0.1, -0.05) is 314 Å². The second kappa shape index (κ2) is 60.5. The van der Waals surface area contributed by atoms with Crippen molar-refractivity contribution in [3.8, 4) is 0 Å². The van der Waals surface area contributed by atoms with E-state index in [2.05, 4.69) is 43.5 Å². The molecule has 3 heterocycles. The van der Waals surface area contributed by atoms with Crippen LogP contribution in [0.25, 0.3) is 0 Å². The SMILES string of the molecule is CCCCCCC/C=C\C/C=C\CCCCCCCCCCCCCC(=O)NC(COC1OC(CO)C(OC2OC(CO)C(OC3OC(CO)C(O)C(O)C3O)C(O)C2O)C(O)C1O)C(O)CCCCCCCCCCCCCCCCCCCCCCCCCCCCCCCC. The molecule has 0 aromatic rings. The monoisotopic (exact) mass is 1400 g/mol. The van der Waals surface area contributed by atoms with Crippen LogP contribution in [0.4, 0.5) is 0 Å². The molecular weight excluding hydrogens is 1250 g/mol. The Balaban J connectivity index is 1.36. The smallest absolute Gasteiger partial charge is 0.220 e. The molecular formula is C79H149NO18. The van der Waals surface area contributed by atoms with Gasteiger partial charge in [-0.15, -0.1) is 0 Å². The summed E-state index contributed by atoms with van der Waals surface area (Å²) in [5.74, 6) is -0.240. The number of carbonyl (C=O) groups excluding carboxylic acids is 1. The topological polar surface area (TPSA) is 307 Å². The van der Waals surface area contributed by atoms with E-state index in [9.17, 15) is 61.0 Å². The lowest BCUT2D eigenvalue weighted by molar-refractivity contribution is -0.379. The molecule has 3 fully saturated rings. The molecule has 3 rings (SSSR count). The Kier molecular flexibility index (Phi) is 55.9. The van der Waals surface area contributed by atoms with E-state index >= 15 is 0 Å². The molecule has 17 atom stereocenters. The molecule has 1 amide bonds. The largest absolute Gasteiger partial charge is 0.394 e. The van der Waals surface area contributed by atoms with Crippen molar-refractivity contribution in [2.75, 3.05) is 26.4 Å². The van der Waals surface area contributed by atoms with E-state index in [-0.39, 0.29) is 18.9 Å². The molecule has 578 valence electrons. The van der Waals surface area contributed by atoms with Crippen molar-refractivity contribution in [3.05, 3.63) is 24.3 Å². The molecule has 19 heteroatoms. The lowest BCUT2D eigenvalue weighted by atomic mass is 9.96. The van der Waals surface area contributed by atoms with Gasteiger partial charge < -0.3 is 89.9 Å². The minimum absolute atomic E-state index is 0.240. The van der Waals surface area contributed by atoms with Gasteiger partial charge in [0.2, 0.25) is 5.91 Å². The van der Waals surface area contributed by atoms with E-state index in [1.165, 1.54) is 250 Å². The second-order valence-corrected chi connectivity index (χ2v) is 29.2. The highest BCUT2D eigenvalue weighted by atomic mass is 16.8.